The highest BCUT2D eigenvalue weighted by Gasteiger charge is 2.61. The number of aromatic nitrogens is 1. The number of rotatable bonds is 14. The van der Waals surface area contributed by atoms with Gasteiger partial charge in [-0.2, -0.15) is 0 Å². The van der Waals surface area contributed by atoms with Crippen LogP contribution in [0.3, 0.4) is 0 Å². The molecule has 0 bridgehead atoms. The maximum absolute atomic E-state index is 14.9. The van der Waals surface area contributed by atoms with E-state index in [-0.39, 0.29) is 42.7 Å². The fourth-order valence-electron chi connectivity index (χ4n) is 8.70. The van der Waals surface area contributed by atoms with Gasteiger partial charge in [0.1, 0.15) is 53.4 Å². The van der Waals surface area contributed by atoms with Gasteiger partial charge in [-0.15, -0.1) is 0 Å². The summed E-state index contributed by atoms with van der Waals surface area (Å²) in [5.41, 5.74) is 0.149. The molecule has 1 saturated carbocycles. The number of phenolic OH excluding ortho intramolecular Hbond substituents is 2. The van der Waals surface area contributed by atoms with Crippen molar-refractivity contribution < 1.29 is 58.4 Å². The maximum Gasteiger partial charge on any atom is 0.332 e. The molecule has 2 heterocycles. The normalized spacial score (nSPS) is 24.9. The second-order valence-electron chi connectivity index (χ2n) is 18.9. The maximum atomic E-state index is 14.9. The number of likely N-dealkylation sites (N-methyl/N-ethyl adjacent to an activating group) is 1. The summed E-state index contributed by atoms with van der Waals surface area (Å²) in [6, 6.07) is 10.9. The monoisotopic (exact) mass is 965 g/mol. The number of carboxylic acids is 1. The van der Waals surface area contributed by atoms with Gasteiger partial charge in [0.2, 0.25) is 35.4 Å². The van der Waals surface area contributed by atoms with E-state index in [1.807, 2.05) is 0 Å². The number of esters is 1. The summed E-state index contributed by atoms with van der Waals surface area (Å²) in [4.78, 5) is 118. The fraction of sp³-hybridized carbons (Fsp3) is 0.451. The number of carbonyl (C=O) groups is 8. The van der Waals surface area contributed by atoms with E-state index >= 15 is 0 Å². The molecule has 70 heavy (non-hydrogen) atoms. The number of H-pyrrole nitrogens is 1. The molecule has 6 rings (SSSR count). The Morgan fingerprint density at radius 2 is 1.47 bits per heavy atom. The summed E-state index contributed by atoms with van der Waals surface area (Å²) >= 11 is 0. The number of aromatic amines is 1. The summed E-state index contributed by atoms with van der Waals surface area (Å²) in [7, 11) is 1.33. The molecule has 1 aliphatic heterocycles. The van der Waals surface area contributed by atoms with Crippen LogP contribution in [0.2, 0.25) is 0 Å². The van der Waals surface area contributed by atoms with Gasteiger partial charge >= 0.3 is 11.9 Å². The molecule has 6 amide bonds. The molecule has 2 aliphatic rings. The molecule has 8 atom stereocenters. The van der Waals surface area contributed by atoms with E-state index in [9.17, 15) is 53.7 Å². The van der Waals surface area contributed by atoms with Gasteiger partial charge in [-0.25, -0.2) is 4.79 Å². The Kier molecular flexibility index (Phi) is 16.9. The number of aliphatic carboxylic acids is 1. The number of unbranched alkanes of at least 4 members (excludes halogenated alkanes) is 1. The number of cyclic esters (lactones) is 1. The molecule has 1 spiro atoms. The van der Waals surface area contributed by atoms with Crippen LogP contribution >= 0.6 is 0 Å². The zero-order valence-corrected chi connectivity index (χ0v) is 40.0. The van der Waals surface area contributed by atoms with Gasteiger partial charge in [-0.3, -0.25) is 33.6 Å². The number of aromatic hydroxyl groups is 2. The molecule has 2 fully saturated rings. The van der Waals surface area contributed by atoms with Crippen molar-refractivity contribution in [1.29, 1.82) is 0 Å². The Balaban J connectivity index is 1.45. The third-order valence-electron chi connectivity index (χ3n) is 13.1. The molecule has 19 heteroatoms. The van der Waals surface area contributed by atoms with Gasteiger partial charge in [0.05, 0.1) is 0 Å². The molecule has 0 radical (unpaired) electrons. The van der Waals surface area contributed by atoms with Crippen LogP contribution in [0.5, 0.6) is 11.5 Å². The first-order valence-corrected chi connectivity index (χ1v) is 23.6. The number of hydrogen-bond donors (Lipinski definition) is 9. The van der Waals surface area contributed by atoms with Crippen LogP contribution in [-0.4, -0.2) is 115 Å². The van der Waals surface area contributed by atoms with E-state index in [0.717, 1.165) is 17.7 Å². The van der Waals surface area contributed by atoms with Crippen molar-refractivity contribution in [3.63, 3.8) is 0 Å². The smallest absolute Gasteiger partial charge is 0.332 e. The number of ether oxygens (including phenoxy) is 1. The topological polar surface area (TPSA) is 286 Å². The third kappa shape index (κ3) is 13.0. The van der Waals surface area contributed by atoms with E-state index in [2.05, 4.69) is 45.4 Å². The Bertz CT molecular complexity index is 2570. The van der Waals surface area contributed by atoms with E-state index in [0.29, 0.717) is 34.4 Å². The van der Waals surface area contributed by atoms with Crippen molar-refractivity contribution in [2.75, 3.05) is 7.05 Å². The Morgan fingerprint density at radius 1 is 0.814 bits per heavy atom. The number of nitrogens with one attached hydrogen (secondary N) is 6. The van der Waals surface area contributed by atoms with Crippen LogP contribution in [0.25, 0.3) is 10.9 Å². The average molecular weight is 966 g/mol. The quantitative estimate of drug-likeness (QED) is 0.0650. The average Bonchev–Trinajstić information content (AvgIpc) is 3.81. The lowest BCUT2D eigenvalue weighted by atomic mass is 10.00. The lowest BCUT2D eigenvalue weighted by Crippen LogP contribution is -2.61. The van der Waals surface area contributed by atoms with Crippen LogP contribution in [-0.2, 0) is 55.9 Å². The number of carboxylic acid groups (broad SMARTS) is 1. The van der Waals surface area contributed by atoms with Crippen molar-refractivity contribution in [3.8, 4) is 11.5 Å². The SMILES string of the molecule is CC(C)CCCCC(=O)NC1C(=O)N(C)C(Cc2ccccc2)C(=O)NC(CCC(=O)O)C(=O)NC(Cc2c[nH]c3ccc(O)cc23)C(=O)NC(c2ccc(O)cc2)C(=O)NC2(CC2C)C(=O)OC1C. The first-order chi connectivity index (χ1) is 33.3. The van der Waals surface area contributed by atoms with Crippen LogP contribution in [0.4, 0.5) is 0 Å². The van der Waals surface area contributed by atoms with Crippen LogP contribution < -0.4 is 26.6 Å². The molecule has 4 aromatic rings. The summed E-state index contributed by atoms with van der Waals surface area (Å²) in [5, 5.41) is 44.3. The van der Waals surface area contributed by atoms with Crippen molar-refractivity contribution in [3.05, 3.63) is 95.7 Å². The summed E-state index contributed by atoms with van der Waals surface area (Å²) in [6.07, 6.45) is 1.02. The number of phenols is 2. The Morgan fingerprint density at radius 3 is 2.13 bits per heavy atom. The molecule has 1 saturated heterocycles. The molecule has 3 aromatic carbocycles. The molecular weight excluding hydrogens is 903 g/mol. The molecule has 374 valence electrons. The van der Waals surface area contributed by atoms with Gasteiger partial charge in [0.25, 0.3) is 0 Å². The third-order valence-corrected chi connectivity index (χ3v) is 13.1. The summed E-state index contributed by atoms with van der Waals surface area (Å²) < 4.78 is 6.00. The number of fused-ring (bicyclic) bond motifs is 1. The minimum absolute atomic E-state index is 0.0420. The fourth-order valence-corrected chi connectivity index (χ4v) is 8.70. The molecule has 1 aliphatic carbocycles. The minimum atomic E-state index is -1.65. The van der Waals surface area contributed by atoms with Crippen molar-refractivity contribution in [2.24, 2.45) is 11.8 Å². The van der Waals surface area contributed by atoms with Gasteiger partial charge in [0.15, 0.2) is 0 Å². The Labute approximate surface area is 405 Å². The lowest BCUT2D eigenvalue weighted by Gasteiger charge is -2.34. The van der Waals surface area contributed by atoms with E-state index in [4.69, 9.17) is 4.74 Å². The Hall–Kier alpha value is -7.44. The molecule has 9 N–H and O–H groups in total. The highest BCUT2D eigenvalue weighted by atomic mass is 16.5. The number of hydrogen-bond acceptors (Lipinski definition) is 11. The van der Waals surface area contributed by atoms with E-state index < -0.39 is 108 Å². The predicted octanol–water partition coefficient (Wildman–Crippen LogP) is 3.42. The molecule has 19 nitrogen and oxygen atoms in total. The minimum Gasteiger partial charge on any atom is -0.508 e. The summed E-state index contributed by atoms with van der Waals surface area (Å²) in [6.45, 7) is 7.23. The van der Waals surface area contributed by atoms with Crippen LogP contribution in [0, 0.1) is 11.8 Å². The molecular formula is C51H63N7O12. The standard InChI is InChI=1S/C51H63N7O12/c1-28(2)11-9-10-14-41(61)55-43-30(4)70-50(69)51(26-29(51)3)57-48(67)44(32-15-17-34(59)18-16-32)56-46(65)39(24-33-27-52-37-20-19-35(60)25-36(33)37)54-45(64)38(21-22-42(62)63)53-47(66)40(58(5)49(43)68)23-31-12-7-6-8-13-31/h6-8,12-13,15-20,25,27-30,38-40,43-44,52,59-60H,9-11,14,21-24,26H2,1-5H3,(H,53,66)(H,54,64)(H,55,61)(H,56,65)(H,57,67)(H,62,63). The second-order valence-corrected chi connectivity index (χ2v) is 18.9. The number of nitrogens with zero attached hydrogens (tertiary/aromatic N) is 1. The first-order valence-electron chi connectivity index (χ1n) is 23.6. The molecule has 1 aromatic heterocycles. The number of benzene rings is 3. The largest absolute Gasteiger partial charge is 0.508 e. The van der Waals surface area contributed by atoms with Gasteiger partial charge in [-0.05, 0) is 85.0 Å². The van der Waals surface area contributed by atoms with E-state index in [1.54, 1.807) is 49.5 Å². The summed E-state index contributed by atoms with van der Waals surface area (Å²) in [5.74, 6) is -7.54. The highest BCUT2D eigenvalue weighted by Crippen LogP contribution is 2.45. The van der Waals surface area contributed by atoms with Crippen molar-refractivity contribution >= 4 is 58.3 Å². The van der Waals surface area contributed by atoms with Crippen molar-refractivity contribution in [2.45, 2.75) is 127 Å². The molecule has 8 unspecified atom stereocenters. The first kappa shape index (κ1) is 51.9. The van der Waals surface area contributed by atoms with Crippen LogP contribution in [0.15, 0.2) is 79.0 Å². The van der Waals surface area contributed by atoms with Gasteiger partial charge in [-0.1, -0.05) is 76.1 Å². The van der Waals surface area contributed by atoms with Gasteiger partial charge in [0, 0.05) is 49.8 Å². The number of carbonyl (C=O) groups excluding carboxylic acids is 7. The lowest BCUT2D eigenvalue weighted by molar-refractivity contribution is -0.159. The highest BCUT2D eigenvalue weighted by molar-refractivity contribution is 5.99. The van der Waals surface area contributed by atoms with Gasteiger partial charge < -0.3 is 56.5 Å². The zero-order valence-electron chi connectivity index (χ0n) is 40.0. The van der Waals surface area contributed by atoms with Crippen LogP contribution in [0.1, 0.15) is 95.4 Å². The zero-order chi connectivity index (χ0) is 50.9. The second kappa shape index (κ2) is 22.8. The van der Waals surface area contributed by atoms with Crippen molar-refractivity contribution in [1.82, 2.24) is 36.5 Å². The number of amides is 6. The van der Waals surface area contributed by atoms with E-state index in [1.165, 1.54) is 50.4 Å². The predicted molar refractivity (Wildman–Crippen MR) is 256 cm³/mol.